The fraction of sp³-hybridized carbons (Fsp3) is 0.107. The second kappa shape index (κ2) is 11.0. The molecule has 4 aromatic rings. The molecule has 0 amide bonds. The molecule has 0 aliphatic heterocycles. The van der Waals surface area contributed by atoms with Crippen molar-refractivity contribution in [2.45, 2.75) is 13.3 Å². The summed E-state index contributed by atoms with van der Waals surface area (Å²) in [5.41, 5.74) is 3.66. The zero-order valence-corrected chi connectivity index (χ0v) is 20.7. The third-order valence-corrected chi connectivity index (χ3v) is 16.2. The molecule has 0 aliphatic rings. The summed E-state index contributed by atoms with van der Waals surface area (Å²) >= 11 is -3.60. The number of carbonyl (C=O) groups is 1. The Morgan fingerprint density at radius 1 is 0.688 bits per heavy atom. The van der Waals surface area contributed by atoms with E-state index in [2.05, 4.69) is 72.8 Å². The molecule has 0 saturated carbocycles. The van der Waals surface area contributed by atoms with E-state index in [4.69, 9.17) is 7.49 Å². The molecule has 1 aromatic heterocycles. The Labute approximate surface area is 193 Å². The molecular formula is C28H26O3Sn. The first kappa shape index (κ1) is 22.2. The van der Waals surface area contributed by atoms with Crippen molar-refractivity contribution in [2.75, 3.05) is 0 Å². The van der Waals surface area contributed by atoms with E-state index in [1.54, 1.807) is 18.4 Å². The number of hydrogen-bond donors (Lipinski definition) is 0. The molecule has 0 atom stereocenters. The molecule has 4 heteroatoms. The first-order chi connectivity index (χ1) is 15.7. The Kier molecular flexibility index (Phi) is 7.62. The van der Waals surface area contributed by atoms with Crippen LogP contribution in [0.3, 0.4) is 0 Å². The van der Waals surface area contributed by atoms with Gasteiger partial charge in [0.25, 0.3) is 0 Å². The number of hydrogen-bond acceptors (Lipinski definition) is 3. The van der Waals surface area contributed by atoms with Crippen LogP contribution in [0.1, 0.15) is 22.5 Å². The second-order valence-electron chi connectivity index (χ2n) is 7.94. The number of carbonyl (C=O) groups excluding carboxylic acids is 1. The molecule has 32 heavy (non-hydrogen) atoms. The zero-order valence-electron chi connectivity index (χ0n) is 17.9. The molecule has 0 spiro atoms. The van der Waals surface area contributed by atoms with E-state index < -0.39 is 18.8 Å². The Morgan fingerprint density at radius 2 is 1.16 bits per heavy atom. The monoisotopic (exact) mass is 530 g/mol. The van der Waals surface area contributed by atoms with Crippen molar-refractivity contribution < 1.29 is 12.3 Å². The molecule has 0 radical (unpaired) electrons. The summed E-state index contributed by atoms with van der Waals surface area (Å²) in [4.78, 5) is 13.0. The Bertz CT molecular complexity index is 1020. The van der Waals surface area contributed by atoms with Crippen LogP contribution in [-0.2, 0) is 21.2 Å². The fourth-order valence-electron chi connectivity index (χ4n) is 3.98. The van der Waals surface area contributed by atoms with Gasteiger partial charge in [-0.2, -0.15) is 0 Å². The summed E-state index contributed by atoms with van der Waals surface area (Å²) in [5.74, 6) is 0.344. The molecule has 0 unspecified atom stereocenters. The zero-order chi connectivity index (χ0) is 22.1. The molecule has 0 fully saturated rings. The van der Waals surface area contributed by atoms with E-state index in [1.165, 1.54) is 22.8 Å². The van der Waals surface area contributed by atoms with Crippen LogP contribution in [0.4, 0.5) is 0 Å². The van der Waals surface area contributed by atoms with Gasteiger partial charge in [-0.25, -0.2) is 0 Å². The van der Waals surface area contributed by atoms with Crippen molar-refractivity contribution in [3.05, 3.63) is 138 Å². The van der Waals surface area contributed by atoms with E-state index >= 15 is 0 Å². The SMILES string of the molecule is O=C(/C=C/c1ccco1)[O][Sn]([CH2]c1ccccc1)([CH2]c1ccccc1)[CH2]c1ccccc1. The molecule has 3 nitrogen and oxygen atoms in total. The average molecular weight is 529 g/mol. The topological polar surface area (TPSA) is 39.4 Å². The van der Waals surface area contributed by atoms with Crippen LogP contribution in [0.5, 0.6) is 0 Å². The van der Waals surface area contributed by atoms with E-state index in [1.807, 2.05) is 24.3 Å². The molecule has 1 heterocycles. The minimum absolute atomic E-state index is 0.292. The van der Waals surface area contributed by atoms with Gasteiger partial charge in [-0.3, -0.25) is 0 Å². The summed E-state index contributed by atoms with van der Waals surface area (Å²) in [6, 6.07) is 34.8. The van der Waals surface area contributed by atoms with E-state index in [0.717, 1.165) is 13.3 Å². The van der Waals surface area contributed by atoms with Crippen LogP contribution in [0, 0.1) is 0 Å². The summed E-state index contributed by atoms with van der Waals surface area (Å²) in [6.07, 6.45) is 4.76. The summed E-state index contributed by atoms with van der Waals surface area (Å²) in [6.45, 7) is 0. The number of rotatable bonds is 9. The number of furan rings is 1. The van der Waals surface area contributed by atoms with Gasteiger partial charge in [-0.15, -0.1) is 0 Å². The van der Waals surface area contributed by atoms with Crippen molar-refractivity contribution in [3.8, 4) is 0 Å². The van der Waals surface area contributed by atoms with E-state index in [0.29, 0.717) is 5.76 Å². The third-order valence-electron chi connectivity index (χ3n) is 5.35. The van der Waals surface area contributed by atoms with Crippen LogP contribution >= 0.6 is 0 Å². The summed E-state index contributed by atoms with van der Waals surface area (Å²) in [5, 5.41) is 0. The molecule has 0 bridgehead atoms. The number of benzene rings is 3. The van der Waals surface area contributed by atoms with Gasteiger partial charge < -0.3 is 0 Å². The normalized spacial score (nSPS) is 11.5. The van der Waals surface area contributed by atoms with Crippen molar-refractivity contribution in [1.29, 1.82) is 0 Å². The minimum atomic E-state index is -3.60. The molecule has 160 valence electrons. The Balaban J connectivity index is 1.68. The summed E-state index contributed by atoms with van der Waals surface area (Å²) < 4.78 is 14.3. The van der Waals surface area contributed by atoms with Crippen LogP contribution in [-0.4, -0.2) is 24.8 Å². The standard InChI is InChI=1S/C7H6O3.3C7H7.Sn/c8-7(9)4-3-6-2-1-5-10-6;3*1-7-5-3-2-4-6-7;/h1-5H,(H,8,9);3*2-6H,1H2;/q;;;;+1/p-1/b4-3+;;;;. The van der Waals surface area contributed by atoms with Crippen molar-refractivity contribution in [1.82, 2.24) is 0 Å². The molecule has 4 rings (SSSR count). The summed E-state index contributed by atoms with van der Waals surface area (Å²) in [7, 11) is 0. The van der Waals surface area contributed by atoms with Gasteiger partial charge in [-0.05, 0) is 0 Å². The molecular weight excluding hydrogens is 503 g/mol. The van der Waals surface area contributed by atoms with Gasteiger partial charge in [-0.1, -0.05) is 0 Å². The van der Waals surface area contributed by atoms with Gasteiger partial charge in [0.2, 0.25) is 0 Å². The second-order valence-corrected chi connectivity index (χ2v) is 18.3. The van der Waals surface area contributed by atoms with Gasteiger partial charge in [0.05, 0.1) is 0 Å². The van der Waals surface area contributed by atoms with Crippen molar-refractivity contribution in [3.63, 3.8) is 0 Å². The predicted octanol–water partition coefficient (Wildman–Crippen LogP) is 6.13. The van der Waals surface area contributed by atoms with E-state index in [-0.39, 0.29) is 5.97 Å². The molecule has 0 saturated heterocycles. The molecule has 0 aliphatic carbocycles. The molecule has 0 N–H and O–H groups in total. The van der Waals surface area contributed by atoms with Crippen LogP contribution in [0.15, 0.2) is 120 Å². The Hall–Kier alpha value is -3.05. The average Bonchev–Trinajstić information content (AvgIpc) is 3.33. The first-order valence-corrected chi connectivity index (χ1v) is 18.0. The Morgan fingerprint density at radius 3 is 1.56 bits per heavy atom. The van der Waals surface area contributed by atoms with Crippen molar-refractivity contribution in [2.24, 2.45) is 0 Å². The van der Waals surface area contributed by atoms with Crippen LogP contribution < -0.4 is 0 Å². The van der Waals surface area contributed by atoms with Gasteiger partial charge >= 0.3 is 194 Å². The predicted molar refractivity (Wildman–Crippen MR) is 130 cm³/mol. The fourth-order valence-corrected chi connectivity index (χ4v) is 15.5. The quantitative estimate of drug-likeness (QED) is 0.194. The van der Waals surface area contributed by atoms with Crippen LogP contribution in [0.25, 0.3) is 6.08 Å². The van der Waals surface area contributed by atoms with Crippen molar-refractivity contribution >= 4 is 30.8 Å². The van der Waals surface area contributed by atoms with Crippen LogP contribution in [0.2, 0.25) is 0 Å². The molecule has 3 aromatic carbocycles. The third kappa shape index (κ3) is 6.47. The maximum atomic E-state index is 13.0. The van der Waals surface area contributed by atoms with Gasteiger partial charge in [0, 0.05) is 0 Å². The first-order valence-electron chi connectivity index (χ1n) is 10.8. The van der Waals surface area contributed by atoms with E-state index in [9.17, 15) is 4.79 Å². The van der Waals surface area contributed by atoms with Gasteiger partial charge in [0.1, 0.15) is 0 Å². The maximum absolute atomic E-state index is 13.0. The van der Waals surface area contributed by atoms with Gasteiger partial charge in [0.15, 0.2) is 0 Å².